The van der Waals surface area contributed by atoms with Gasteiger partial charge in [0.15, 0.2) is 0 Å². The summed E-state index contributed by atoms with van der Waals surface area (Å²) < 4.78 is 1.57. The molecule has 0 fully saturated rings. The number of nitrogens with zero attached hydrogens (tertiary/aromatic N) is 2. The average Bonchev–Trinajstić information content (AvgIpc) is 2.56. The van der Waals surface area contributed by atoms with Crippen LogP contribution in [0, 0.1) is 5.92 Å². The van der Waals surface area contributed by atoms with Crippen molar-refractivity contribution in [2.45, 2.75) is 26.3 Å². The molecule has 0 bridgehead atoms. The Morgan fingerprint density at radius 2 is 2.29 bits per heavy atom. The summed E-state index contributed by atoms with van der Waals surface area (Å²) in [6, 6.07) is -0.604. The van der Waals surface area contributed by atoms with Crippen LogP contribution in [0.4, 0.5) is 0 Å². The third kappa shape index (κ3) is 3.12. The fourth-order valence-corrected chi connectivity index (χ4v) is 1.31. The minimum atomic E-state index is -1.05. The number of carbonyl (C=O) groups is 1. The molecule has 0 saturated heterocycles. The van der Waals surface area contributed by atoms with Crippen LogP contribution in [0.25, 0.3) is 0 Å². The maximum atomic E-state index is 10.8. The standard InChI is InChI=1S/C9H14N2O2.Na/c1-3-7(2)8(9(12)13)11-5-4-10-6-11;/h4-8H,3H2,1-2H3,(H,12,13);/q;+1/p-1. The largest absolute Gasteiger partial charge is 1.00 e. The second kappa shape index (κ2) is 6.22. The van der Waals surface area contributed by atoms with Crippen molar-refractivity contribution in [3.63, 3.8) is 0 Å². The van der Waals surface area contributed by atoms with Gasteiger partial charge in [0.25, 0.3) is 0 Å². The van der Waals surface area contributed by atoms with Crippen LogP contribution in [-0.4, -0.2) is 15.5 Å². The summed E-state index contributed by atoms with van der Waals surface area (Å²) >= 11 is 0. The molecule has 1 aromatic heterocycles. The first kappa shape index (κ1) is 13.7. The van der Waals surface area contributed by atoms with Crippen LogP contribution in [-0.2, 0) is 4.79 Å². The number of aromatic nitrogens is 2. The van der Waals surface area contributed by atoms with Crippen LogP contribution in [0.15, 0.2) is 18.7 Å². The smallest absolute Gasteiger partial charge is 0.548 e. The Balaban J connectivity index is 0.00000169. The van der Waals surface area contributed by atoms with Gasteiger partial charge in [0.05, 0.1) is 18.3 Å². The van der Waals surface area contributed by atoms with E-state index in [1.807, 2.05) is 13.8 Å². The minimum absolute atomic E-state index is 0. The molecular weight excluding hydrogens is 191 g/mol. The molecule has 0 aliphatic rings. The quantitative estimate of drug-likeness (QED) is 0.499. The molecule has 72 valence electrons. The first-order valence-corrected chi connectivity index (χ1v) is 4.35. The van der Waals surface area contributed by atoms with Crippen LogP contribution in [0.1, 0.15) is 26.3 Å². The number of carboxylic acids is 1. The first-order valence-electron chi connectivity index (χ1n) is 4.35. The van der Waals surface area contributed by atoms with Crippen molar-refractivity contribution in [1.82, 2.24) is 9.55 Å². The zero-order valence-electron chi connectivity index (χ0n) is 8.80. The third-order valence-electron chi connectivity index (χ3n) is 2.27. The van der Waals surface area contributed by atoms with E-state index in [2.05, 4.69) is 4.98 Å². The Hall–Kier alpha value is -0.320. The zero-order valence-corrected chi connectivity index (χ0v) is 10.8. The molecule has 0 aliphatic carbocycles. The summed E-state index contributed by atoms with van der Waals surface area (Å²) in [4.78, 5) is 14.7. The molecule has 0 saturated carbocycles. The summed E-state index contributed by atoms with van der Waals surface area (Å²) in [5, 5.41) is 10.8. The van der Waals surface area contributed by atoms with E-state index in [0.29, 0.717) is 0 Å². The van der Waals surface area contributed by atoms with Crippen molar-refractivity contribution in [3.8, 4) is 0 Å². The summed E-state index contributed by atoms with van der Waals surface area (Å²) in [7, 11) is 0. The number of aliphatic carboxylic acids is 1. The van der Waals surface area contributed by atoms with Crippen LogP contribution in [0.2, 0.25) is 0 Å². The van der Waals surface area contributed by atoms with Crippen molar-refractivity contribution in [2.75, 3.05) is 0 Å². The maximum absolute atomic E-state index is 10.8. The minimum Gasteiger partial charge on any atom is -0.548 e. The van der Waals surface area contributed by atoms with E-state index >= 15 is 0 Å². The van der Waals surface area contributed by atoms with Gasteiger partial charge in [-0.25, -0.2) is 4.98 Å². The fourth-order valence-electron chi connectivity index (χ4n) is 1.31. The molecule has 0 N–H and O–H groups in total. The molecule has 1 rings (SSSR count). The van der Waals surface area contributed by atoms with Gasteiger partial charge >= 0.3 is 29.6 Å². The molecule has 0 amide bonds. The van der Waals surface area contributed by atoms with Gasteiger partial charge in [-0.15, -0.1) is 0 Å². The zero-order chi connectivity index (χ0) is 9.84. The fraction of sp³-hybridized carbons (Fsp3) is 0.556. The molecule has 0 spiro atoms. The first-order chi connectivity index (χ1) is 6.16. The van der Waals surface area contributed by atoms with Gasteiger partial charge in [0.1, 0.15) is 0 Å². The van der Waals surface area contributed by atoms with Crippen LogP contribution < -0.4 is 34.7 Å². The van der Waals surface area contributed by atoms with Gasteiger partial charge in [-0.3, -0.25) is 0 Å². The van der Waals surface area contributed by atoms with Gasteiger partial charge in [-0.2, -0.15) is 0 Å². The molecule has 0 radical (unpaired) electrons. The summed E-state index contributed by atoms with van der Waals surface area (Å²) in [6.45, 7) is 3.85. The number of hydrogen-bond donors (Lipinski definition) is 0. The van der Waals surface area contributed by atoms with Crippen LogP contribution >= 0.6 is 0 Å². The van der Waals surface area contributed by atoms with Crippen LogP contribution in [0.5, 0.6) is 0 Å². The molecular formula is C9H13N2NaO2. The van der Waals surface area contributed by atoms with E-state index in [1.165, 1.54) is 6.33 Å². The summed E-state index contributed by atoms with van der Waals surface area (Å²) in [5.41, 5.74) is 0. The number of imidazole rings is 1. The van der Waals surface area contributed by atoms with Gasteiger partial charge in [0, 0.05) is 12.4 Å². The molecule has 1 aromatic rings. The van der Waals surface area contributed by atoms with Gasteiger partial charge in [0.2, 0.25) is 0 Å². The summed E-state index contributed by atoms with van der Waals surface area (Å²) in [6.07, 6.45) is 5.52. The molecule has 2 unspecified atom stereocenters. The van der Waals surface area contributed by atoms with Gasteiger partial charge in [-0.1, -0.05) is 20.3 Å². The second-order valence-corrected chi connectivity index (χ2v) is 3.16. The normalized spacial score (nSPS) is 14.1. The van der Waals surface area contributed by atoms with Crippen molar-refractivity contribution in [1.29, 1.82) is 0 Å². The Morgan fingerprint density at radius 1 is 1.64 bits per heavy atom. The SMILES string of the molecule is CCC(C)C(C(=O)[O-])n1ccnc1.[Na+]. The number of rotatable bonds is 4. The van der Waals surface area contributed by atoms with E-state index in [-0.39, 0.29) is 35.5 Å². The molecule has 5 heteroatoms. The van der Waals surface area contributed by atoms with Gasteiger partial charge in [-0.05, 0) is 5.92 Å². The predicted molar refractivity (Wildman–Crippen MR) is 45.7 cm³/mol. The second-order valence-electron chi connectivity index (χ2n) is 3.16. The molecule has 0 aliphatic heterocycles. The topological polar surface area (TPSA) is 57.9 Å². The molecule has 14 heavy (non-hydrogen) atoms. The molecule has 0 aromatic carbocycles. The van der Waals surface area contributed by atoms with E-state index in [1.54, 1.807) is 17.0 Å². The van der Waals surface area contributed by atoms with Crippen LogP contribution in [0.3, 0.4) is 0 Å². The van der Waals surface area contributed by atoms with Gasteiger partial charge < -0.3 is 14.5 Å². The third-order valence-corrected chi connectivity index (χ3v) is 2.27. The monoisotopic (exact) mass is 204 g/mol. The van der Waals surface area contributed by atoms with Crippen molar-refractivity contribution in [3.05, 3.63) is 18.7 Å². The molecule has 4 nitrogen and oxygen atoms in total. The molecule has 2 atom stereocenters. The average molecular weight is 204 g/mol. The Morgan fingerprint density at radius 3 is 2.64 bits per heavy atom. The number of carbonyl (C=O) groups excluding carboxylic acids is 1. The van der Waals surface area contributed by atoms with Crippen molar-refractivity contribution < 1.29 is 39.5 Å². The number of hydrogen-bond acceptors (Lipinski definition) is 3. The summed E-state index contributed by atoms with van der Waals surface area (Å²) in [5.74, 6) is -0.994. The Bertz CT molecular complexity index is 274. The van der Waals surface area contributed by atoms with E-state index < -0.39 is 12.0 Å². The Kier molecular flexibility index (Phi) is 6.08. The van der Waals surface area contributed by atoms with Crippen molar-refractivity contribution in [2.24, 2.45) is 5.92 Å². The van der Waals surface area contributed by atoms with E-state index in [9.17, 15) is 9.90 Å². The predicted octanol–water partition coefficient (Wildman–Crippen LogP) is -2.78. The van der Waals surface area contributed by atoms with Crippen molar-refractivity contribution >= 4 is 5.97 Å². The Labute approximate surface area is 106 Å². The maximum Gasteiger partial charge on any atom is 1.00 e. The molecule has 1 heterocycles. The number of carboxylic acid groups (broad SMARTS) is 1. The van der Waals surface area contributed by atoms with E-state index in [4.69, 9.17) is 0 Å². The van der Waals surface area contributed by atoms with E-state index in [0.717, 1.165) is 6.42 Å².